The molecule has 0 nitrogen and oxygen atoms in total. The second-order valence-corrected chi connectivity index (χ2v) is 6.42. The molecule has 0 aliphatic rings. The van der Waals surface area contributed by atoms with E-state index in [1.165, 1.54) is 8.87 Å². The molecule has 0 aliphatic carbocycles. The van der Waals surface area contributed by atoms with Crippen molar-refractivity contribution in [3.8, 4) is 0 Å². The third kappa shape index (κ3) is 18.2. The van der Waals surface area contributed by atoms with Crippen molar-refractivity contribution >= 4 is 21.1 Å². The van der Waals surface area contributed by atoms with Crippen LogP contribution >= 0.6 is 0 Å². The quantitative estimate of drug-likeness (QED) is 0.447. The maximum absolute atomic E-state index is 2.29. The van der Waals surface area contributed by atoms with Crippen molar-refractivity contribution in [2.75, 3.05) is 0 Å². The molecule has 7 heavy (non-hydrogen) atoms. The Morgan fingerprint density at radius 3 is 1.29 bits per heavy atom. The average molecular weight is 337 g/mol. The monoisotopic (exact) mass is 336 g/mol. The van der Waals surface area contributed by atoms with Gasteiger partial charge in [0.15, 0.2) is 0 Å². The van der Waals surface area contributed by atoms with Gasteiger partial charge in [-0.05, 0) is 0 Å². The number of hydrogen-bond donors (Lipinski definition) is 0. The zero-order valence-electron chi connectivity index (χ0n) is 4.67. The Labute approximate surface area is 77.2 Å². The smallest absolute Gasteiger partial charge is 1.00 e. The van der Waals surface area contributed by atoms with Gasteiger partial charge in [-0.25, -0.2) is 0 Å². The van der Waals surface area contributed by atoms with Crippen LogP contribution in [0.2, 0.25) is 8.87 Å². The summed E-state index contributed by atoms with van der Waals surface area (Å²) in [6.07, 6.45) is 0. The van der Waals surface area contributed by atoms with Crippen LogP contribution in [0.5, 0.6) is 0 Å². The van der Waals surface area contributed by atoms with E-state index in [0.29, 0.717) is 0 Å². The summed E-state index contributed by atoms with van der Waals surface area (Å²) in [4.78, 5) is 0. The van der Waals surface area contributed by atoms with E-state index in [1.54, 1.807) is 0 Å². The third-order valence-electron chi connectivity index (χ3n) is 0.500. The van der Waals surface area contributed by atoms with Crippen LogP contribution in [0.3, 0.4) is 0 Å². The van der Waals surface area contributed by atoms with E-state index in [4.69, 9.17) is 0 Å². The first-order valence-electron chi connectivity index (χ1n) is 2.12. The maximum Gasteiger partial charge on any atom is -1.00 e. The molecule has 0 saturated heterocycles. The van der Waals surface area contributed by atoms with Crippen LogP contribution in [0, 0.1) is 0 Å². The maximum atomic E-state index is 2.29. The first-order valence-corrected chi connectivity index (χ1v) is 6.16. The Morgan fingerprint density at radius 2 is 1.29 bits per heavy atom. The summed E-state index contributed by atoms with van der Waals surface area (Å²) in [6.45, 7) is 4.57. The summed E-state index contributed by atoms with van der Waals surface area (Å²) >= 11 is 0.218. The third-order valence-corrected chi connectivity index (χ3v) is 3.35. The average Bonchev–Trinajstić information content (AvgIpc) is 1.41. The molecule has 0 fully saturated rings. The van der Waals surface area contributed by atoms with Crippen LogP contribution in [-0.2, 0) is 0 Å². The first-order chi connectivity index (χ1) is 2.41. The molecule has 0 spiro atoms. The van der Waals surface area contributed by atoms with Gasteiger partial charge in [0, 0.05) is 0 Å². The predicted molar refractivity (Wildman–Crippen MR) is 26.7 cm³/mol. The van der Waals surface area contributed by atoms with Crippen molar-refractivity contribution in [1.29, 1.82) is 0 Å². The molecular weight excluding hydrogens is 327 g/mol. The van der Waals surface area contributed by atoms with E-state index in [9.17, 15) is 0 Å². The molecule has 0 aromatic carbocycles. The van der Waals surface area contributed by atoms with Gasteiger partial charge in [0.05, 0.1) is 0 Å². The van der Waals surface area contributed by atoms with E-state index in [0.717, 1.165) is 0 Å². The molecule has 0 saturated carbocycles. The minimum absolute atomic E-state index is 0. The Kier molecular flexibility index (Phi) is 35.5. The molecule has 0 bridgehead atoms. The van der Waals surface area contributed by atoms with Gasteiger partial charge < -0.3 is 34.0 Å². The molecule has 0 unspecified atom stereocenters. The summed E-state index contributed by atoms with van der Waals surface area (Å²) in [6, 6.07) is 0. The molecule has 0 aromatic heterocycles. The predicted octanol–water partition coefficient (Wildman–Crippen LogP) is -4.42. The molecule has 3 heteroatoms. The van der Waals surface area contributed by atoms with Crippen molar-refractivity contribution in [2.45, 2.75) is 22.7 Å². The molecular formula is C4H10Br2Sn-2. The minimum atomic E-state index is 0. The number of halogens is 2. The zero-order valence-corrected chi connectivity index (χ0v) is 10.7. The molecule has 46 valence electrons. The minimum Gasteiger partial charge on any atom is -1.00 e. The Morgan fingerprint density at radius 1 is 1.00 bits per heavy atom. The summed E-state index contributed by atoms with van der Waals surface area (Å²) < 4.78 is 3.03. The fraction of sp³-hybridized carbons (Fsp3) is 1.00. The van der Waals surface area contributed by atoms with Crippen molar-refractivity contribution in [2.24, 2.45) is 0 Å². The first kappa shape index (κ1) is 15.9. The van der Waals surface area contributed by atoms with E-state index < -0.39 is 0 Å². The zero-order chi connectivity index (χ0) is 4.12. The van der Waals surface area contributed by atoms with Gasteiger partial charge in [0.25, 0.3) is 0 Å². The van der Waals surface area contributed by atoms with Gasteiger partial charge in [-0.1, -0.05) is 0 Å². The molecule has 2 radical (unpaired) electrons. The van der Waals surface area contributed by atoms with Crippen LogP contribution in [0.1, 0.15) is 13.8 Å². The van der Waals surface area contributed by atoms with E-state index in [1.807, 2.05) is 0 Å². The molecule has 0 rings (SSSR count). The van der Waals surface area contributed by atoms with Gasteiger partial charge >= 0.3 is 43.9 Å². The van der Waals surface area contributed by atoms with Gasteiger partial charge in [-0.15, -0.1) is 0 Å². The van der Waals surface area contributed by atoms with Crippen LogP contribution in [0.15, 0.2) is 0 Å². The molecule has 0 N–H and O–H groups in total. The molecule has 0 aromatic rings. The fourth-order valence-electron chi connectivity index (χ4n) is 0.250. The van der Waals surface area contributed by atoms with Crippen molar-refractivity contribution in [3.63, 3.8) is 0 Å². The summed E-state index contributed by atoms with van der Waals surface area (Å²) in [7, 11) is 0. The molecule has 0 atom stereocenters. The van der Waals surface area contributed by atoms with Gasteiger partial charge in [0.2, 0.25) is 0 Å². The summed E-state index contributed by atoms with van der Waals surface area (Å²) in [5.41, 5.74) is 0. The molecule has 0 amide bonds. The fourth-order valence-corrected chi connectivity index (χ4v) is 1.68. The van der Waals surface area contributed by atoms with Crippen molar-refractivity contribution < 1.29 is 34.0 Å². The molecule has 0 aliphatic heterocycles. The van der Waals surface area contributed by atoms with Crippen molar-refractivity contribution in [1.82, 2.24) is 0 Å². The largest absolute Gasteiger partial charge is 1.00 e. The standard InChI is InChI=1S/2C2H5.2BrH.Sn/c2*1-2;;;/h2*1H2,2H3;2*1H;/p-2. The van der Waals surface area contributed by atoms with Crippen molar-refractivity contribution in [3.05, 3.63) is 0 Å². The topological polar surface area (TPSA) is 0 Å². The van der Waals surface area contributed by atoms with Gasteiger partial charge in [-0.2, -0.15) is 0 Å². The van der Waals surface area contributed by atoms with Crippen LogP contribution in [0.4, 0.5) is 0 Å². The van der Waals surface area contributed by atoms with E-state index >= 15 is 0 Å². The van der Waals surface area contributed by atoms with E-state index in [2.05, 4.69) is 13.8 Å². The van der Waals surface area contributed by atoms with Crippen LogP contribution < -0.4 is 34.0 Å². The summed E-state index contributed by atoms with van der Waals surface area (Å²) in [5.74, 6) is 0. The van der Waals surface area contributed by atoms with Crippen LogP contribution in [0.25, 0.3) is 0 Å². The number of rotatable bonds is 2. The summed E-state index contributed by atoms with van der Waals surface area (Å²) in [5, 5.41) is 0. The second-order valence-electron chi connectivity index (χ2n) is 0.957. The van der Waals surface area contributed by atoms with Gasteiger partial charge in [0.1, 0.15) is 0 Å². The molecule has 0 heterocycles. The van der Waals surface area contributed by atoms with E-state index in [-0.39, 0.29) is 55.1 Å². The van der Waals surface area contributed by atoms with Crippen LogP contribution in [-0.4, -0.2) is 21.1 Å². The number of hydrogen-bond acceptors (Lipinski definition) is 0. The normalized spacial score (nSPS) is 6.00. The second kappa shape index (κ2) is 15.7. The Bertz CT molecular complexity index is 17.2. The van der Waals surface area contributed by atoms with Gasteiger partial charge in [-0.3, -0.25) is 0 Å². The Balaban J connectivity index is -0.0000000800. The Hall–Kier alpha value is 1.76. The SMILES string of the molecule is C[CH2][Sn][CH2]C.[Br-].[Br-].